The summed E-state index contributed by atoms with van der Waals surface area (Å²) in [5.41, 5.74) is 6.17. The summed E-state index contributed by atoms with van der Waals surface area (Å²) in [5, 5.41) is 13.4. The Bertz CT molecular complexity index is 1860. The van der Waals surface area contributed by atoms with Crippen LogP contribution in [0.1, 0.15) is 50.8 Å². The Balaban J connectivity index is 1.39. The highest BCUT2D eigenvalue weighted by molar-refractivity contribution is 5.95. The Morgan fingerprint density at radius 1 is 0.875 bits per heavy atom. The van der Waals surface area contributed by atoms with Gasteiger partial charge in [0.25, 0.3) is 5.91 Å². The molecule has 6 aromatic rings. The molecule has 3 aromatic carbocycles. The van der Waals surface area contributed by atoms with Crippen molar-refractivity contribution in [3.05, 3.63) is 138 Å². The van der Waals surface area contributed by atoms with Crippen LogP contribution in [0, 0.1) is 0 Å². The van der Waals surface area contributed by atoms with Gasteiger partial charge in [-0.25, -0.2) is 9.78 Å². The molecule has 1 atom stereocenters. The van der Waals surface area contributed by atoms with Crippen LogP contribution in [0.25, 0.3) is 27.5 Å². The van der Waals surface area contributed by atoms with E-state index in [1.54, 1.807) is 36.7 Å². The largest absolute Gasteiger partial charge is 0.478 e. The number of carboxylic acids is 1. The van der Waals surface area contributed by atoms with Gasteiger partial charge in [-0.2, -0.15) is 0 Å². The van der Waals surface area contributed by atoms with Gasteiger partial charge in [0, 0.05) is 18.0 Å². The Morgan fingerprint density at radius 2 is 1.68 bits per heavy atom. The van der Waals surface area contributed by atoms with E-state index in [0.29, 0.717) is 12.1 Å². The smallest absolute Gasteiger partial charge is 0.335 e. The number of pyridine rings is 2. The number of imidazole rings is 1. The standard InChI is InChI=1S/C33H26N4O3/c1-21(23-11-13-26(14-12-23)33(39)40)36-32(38)30-19-27(24-6-3-2-4-7-24)18-28-20-35-31(37(28)30)17-22-9-10-25-8-5-15-34-29(25)16-22/h2-16,18-21H,17H2,1H3,(H,36,38)(H,39,40)/t21-/m0/s1. The van der Waals surface area contributed by atoms with Gasteiger partial charge >= 0.3 is 5.97 Å². The number of rotatable bonds is 7. The number of hydrogen-bond donors (Lipinski definition) is 2. The van der Waals surface area contributed by atoms with E-state index in [2.05, 4.69) is 22.4 Å². The molecule has 2 N–H and O–H groups in total. The maximum absolute atomic E-state index is 13.8. The molecule has 40 heavy (non-hydrogen) atoms. The lowest BCUT2D eigenvalue weighted by atomic mass is 10.0. The maximum atomic E-state index is 13.8. The molecule has 7 heteroatoms. The van der Waals surface area contributed by atoms with Gasteiger partial charge in [-0.1, -0.05) is 60.7 Å². The molecule has 0 fully saturated rings. The molecule has 3 heterocycles. The van der Waals surface area contributed by atoms with E-state index in [1.807, 2.05) is 72.0 Å². The van der Waals surface area contributed by atoms with Crippen molar-refractivity contribution in [3.8, 4) is 11.1 Å². The molecule has 196 valence electrons. The highest BCUT2D eigenvalue weighted by Gasteiger charge is 2.19. The number of nitrogens with one attached hydrogen (secondary N) is 1. The zero-order valence-corrected chi connectivity index (χ0v) is 21.8. The summed E-state index contributed by atoms with van der Waals surface area (Å²) in [7, 11) is 0. The number of amides is 1. The third-order valence-corrected chi connectivity index (χ3v) is 7.08. The first-order chi connectivity index (χ1) is 19.5. The van der Waals surface area contributed by atoms with E-state index in [1.165, 1.54) is 0 Å². The Kier molecular flexibility index (Phi) is 6.54. The molecule has 0 saturated carbocycles. The van der Waals surface area contributed by atoms with Crippen molar-refractivity contribution in [3.63, 3.8) is 0 Å². The summed E-state index contributed by atoms with van der Waals surface area (Å²) in [6.07, 6.45) is 4.10. The fourth-order valence-corrected chi connectivity index (χ4v) is 4.96. The van der Waals surface area contributed by atoms with Crippen LogP contribution in [0.4, 0.5) is 0 Å². The summed E-state index contributed by atoms with van der Waals surface area (Å²) in [4.78, 5) is 34.2. The molecule has 0 aliphatic rings. The number of nitrogens with zero attached hydrogens (tertiary/aromatic N) is 3. The van der Waals surface area contributed by atoms with Gasteiger partial charge in [-0.3, -0.25) is 14.2 Å². The molecule has 1 amide bonds. The minimum atomic E-state index is -0.988. The summed E-state index contributed by atoms with van der Waals surface area (Å²) in [6, 6.07) is 30.2. The van der Waals surface area contributed by atoms with Gasteiger partial charge in [0.15, 0.2) is 0 Å². The minimum absolute atomic E-state index is 0.200. The minimum Gasteiger partial charge on any atom is -0.478 e. The van der Waals surface area contributed by atoms with Crippen molar-refractivity contribution in [2.24, 2.45) is 0 Å². The van der Waals surface area contributed by atoms with Crippen LogP contribution in [0.5, 0.6) is 0 Å². The molecule has 3 aromatic heterocycles. The van der Waals surface area contributed by atoms with Crippen LogP contribution in [-0.2, 0) is 6.42 Å². The number of carboxylic acid groups (broad SMARTS) is 1. The van der Waals surface area contributed by atoms with Crippen molar-refractivity contribution in [2.75, 3.05) is 0 Å². The monoisotopic (exact) mass is 526 g/mol. The molecular weight excluding hydrogens is 500 g/mol. The molecule has 0 aliphatic heterocycles. The van der Waals surface area contributed by atoms with E-state index in [-0.39, 0.29) is 17.5 Å². The number of aromatic carboxylic acids is 1. The van der Waals surface area contributed by atoms with E-state index < -0.39 is 5.97 Å². The highest BCUT2D eigenvalue weighted by Crippen LogP contribution is 2.26. The van der Waals surface area contributed by atoms with Gasteiger partial charge in [-0.05, 0) is 65.6 Å². The van der Waals surface area contributed by atoms with Crippen LogP contribution in [0.15, 0.2) is 109 Å². The Hall–Kier alpha value is -5.30. The first-order valence-electron chi connectivity index (χ1n) is 13.0. The number of benzene rings is 3. The first-order valence-corrected chi connectivity index (χ1v) is 13.0. The normalized spacial score (nSPS) is 11.9. The third kappa shape index (κ3) is 4.92. The lowest BCUT2D eigenvalue weighted by Gasteiger charge is -2.17. The fourth-order valence-electron chi connectivity index (χ4n) is 4.96. The van der Waals surface area contributed by atoms with Gasteiger partial charge in [-0.15, -0.1) is 0 Å². The first kappa shape index (κ1) is 25.0. The molecule has 0 saturated heterocycles. The van der Waals surface area contributed by atoms with Gasteiger partial charge in [0.05, 0.1) is 28.8 Å². The average molecular weight is 527 g/mol. The number of hydrogen-bond acceptors (Lipinski definition) is 4. The zero-order valence-electron chi connectivity index (χ0n) is 21.8. The topological polar surface area (TPSA) is 96.6 Å². The molecule has 0 bridgehead atoms. The van der Waals surface area contributed by atoms with Crippen molar-refractivity contribution in [1.82, 2.24) is 19.7 Å². The van der Waals surface area contributed by atoms with Crippen molar-refractivity contribution in [1.29, 1.82) is 0 Å². The predicted octanol–water partition coefficient (Wildman–Crippen LogP) is 6.33. The van der Waals surface area contributed by atoms with Crippen LogP contribution >= 0.6 is 0 Å². The van der Waals surface area contributed by atoms with Crippen molar-refractivity contribution < 1.29 is 14.7 Å². The fraction of sp³-hybridized carbons (Fsp3) is 0.0909. The summed E-state index contributed by atoms with van der Waals surface area (Å²) in [5.74, 6) is -0.497. The molecule has 0 radical (unpaired) electrons. The second-order valence-corrected chi connectivity index (χ2v) is 9.76. The Labute approximate surface area is 230 Å². The summed E-state index contributed by atoms with van der Waals surface area (Å²) >= 11 is 0. The van der Waals surface area contributed by atoms with Crippen LogP contribution in [-0.4, -0.2) is 31.4 Å². The van der Waals surface area contributed by atoms with Gasteiger partial charge in [0.2, 0.25) is 0 Å². The molecule has 0 unspecified atom stereocenters. The number of fused-ring (bicyclic) bond motifs is 2. The summed E-state index contributed by atoms with van der Waals surface area (Å²) < 4.78 is 1.91. The molecule has 6 rings (SSSR count). The molecule has 0 spiro atoms. The van der Waals surface area contributed by atoms with Crippen molar-refractivity contribution >= 4 is 28.3 Å². The predicted molar refractivity (Wildman–Crippen MR) is 154 cm³/mol. The number of aromatic nitrogens is 3. The number of carbonyl (C=O) groups excluding carboxylic acids is 1. The van der Waals surface area contributed by atoms with E-state index in [9.17, 15) is 14.7 Å². The SMILES string of the molecule is C[C@H](NC(=O)c1cc(-c2ccccc2)cc2cnc(Cc3ccc4cccnc4c3)n12)c1ccc(C(=O)O)cc1. The van der Waals surface area contributed by atoms with E-state index in [4.69, 9.17) is 4.98 Å². The Morgan fingerprint density at radius 3 is 2.45 bits per heavy atom. The average Bonchev–Trinajstić information content (AvgIpc) is 3.39. The van der Waals surface area contributed by atoms with Crippen LogP contribution in [0.3, 0.4) is 0 Å². The van der Waals surface area contributed by atoms with Crippen LogP contribution < -0.4 is 5.32 Å². The molecular formula is C33H26N4O3. The van der Waals surface area contributed by atoms with Crippen LogP contribution in [0.2, 0.25) is 0 Å². The van der Waals surface area contributed by atoms with Crippen molar-refractivity contribution in [2.45, 2.75) is 19.4 Å². The van der Waals surface area contributed by atoms with E-state index in [0.717, 1.165) is 44.5 Å². The quantitative estimate of drug-likeness (QED) is 0.253. The van der Waals surface area contributed by atoms with Gasteiger partial charge < -0.3 is 10.4 Å². The molecule has 0 aliphatic carbocycles. The van der Waals surface area contributed by atoms with Gasteiger partial charge in [0.1, 0.15) is 11.5 Å². The molecule has 7 nitrogen and oxygen atoms in total. The lowest BCUT2D eigenvalue weighted by molar-refractivity contribution is 0.0696. The lowest BCUT2D eigenvalue weighted by Crippen LogP contribution is -2.28. The summed E-state index contributed by atoms with van der Waals surface area (Å²) in [6.45, 7) is 1.88. The number of carbonyl (C=O) groups is 2. The highest BCUT2D eigenvalue weighted by atomic mass is 16.4. The second kappa shape index (κ2) is 10.5. The zero-order chi connectivity index (χ0) is 27.6. The third-order valence-electron chi connectivity index (χ3n) is 7.08. The van der Waals surface area contributed by atoms with E-state index >= 15 is 0 Å². The maximum Gasteiger partial charge on any atom is 0.335 e. The second-order valence-electron chi connectivity index (χ2n) is 9.76.